The van der Waals surface area contributed by atoms with E-state index < -0.39 is 0 Å². The van der Waals surface area contributed by atoms with Gasteiger partial charge in [0.15, 0.2) is 0 Å². The summed E-state index contributed by atoms with van der Waals surface area (Å²) in [5, 5.41) is 0.866. The molecule has 1 saturated carbocycles. The topological polar surface area (TPSA) is 26.0 Å². The lowest BCUT2D eigenvalue weighted by Crippen LogP contribution is -2.48. The molecule has 0 spiro atoms. The van der Waals surface area contributed by atoms with Gasteiger partial charge in [-0.05, 0) is 61.6 Å². The molecule has 0 aromatic heterocycles. The van der Waals surface area contributed by atoms with Gasteiger partial charge in [0, 0.05) is 10.6 Å². The predicted octanol–water partition coefficient (Wildman–Crippen LogP) is 4.34. The van der Waals surface area contributed by atoms with Crippen molar-refractivity contribution in [1.29, 1.82) is 0 Å². The lowest BCUT2D eigenvalue weighted by Gasteiger charge is -2.40. The third kappa shape index (κ3) is 3.27. The van der Waals surface area contributed by atoms with Gasteiger partial charge in [-0.25, -0.2) is 0 Å². The van der Waals surface area contributed by atoms with Gasteiger partial charge in [-0.3, -0.25) is 0 Å². The summed E-state index contributed by atoms with van der Waals surface area (Å²) in [7, 11) is 0. The highest BCUT2D eigenvalue weighted by atomic mass is 35.5. The van der Waals surface area contributed by atoms with Crippen molar-refractivity contribution in [1.82, 2.24) is 0 Å². The number of halogens is 1. The number of rotatable bonds is 2. The standard InChI is InChI=1S/C16H24ClN/c1-11-4-5-14(15(17)7-11)10-16(18)8-12(2)6-13(3)9-16/h4-5,7,12-13H,6,8-10,18H2,1-3H3. The van der Waals surface area contributed by atoms with Crippen molar-refractivity contribution >= 4 is 11.6 Å². The minimum Gasteiger partial charge on any atom is -0.325 e. The molecule has 1 aliphatic carbocycles. The molecule has 1 nitrogen and oxygen atoms in total. The third-order valence-electron chi connectivity index (χ3n) is 4.07. The van der Waals surface area contributed by atoms with Gasteiger partial charge in [0.2, 0.25) is 0 Å². The molecule has 2 unspecified atom stereocenters. The summed E-state index contributed by atoms with van der Waals surface area (Å²) in [6, 6.07) is 6.30. The Balaban J connectivity index is 2.16. The lowest BCUT2D eigenvalue weighted by atomic mass is 9.70. The molecule has 0 amide bonds. The second kappa shape index (κ2) is 5.22. The first-order valence-corrected chi connectivity index (χ1v) is 7.30. The van der Waals surface area contributed by atoms with Crippen LogP contribution in [-0.4, -0.2) is 5.54 Å². The van der Waals surface area contributed by atoms with Crippen molar-refractivity contribution < 1.29 is 0 Å². The summed E-state index contributed by atoms with van der Waals surface area (Å²) in [6.07, 6.45) is 4.43. The monoisotopic (exact) mass is 265 g/mol. The molecular weight excluding hydrogens is 242 g/mol. The average Bonchev–Trinajstić information content (AvgIpc) is 2.20. The molecular formula is C16H24ClN. The fourth-order valence-electron chi connectivity index (χ4n) is 3.64. The summed E-state index contributed by atoms with van der Waals surface area (Å²) >= 11 is 6.33. The fraction of sp³-hybridized carbons (Fsp3) is 0.625. The van der Waals surface area contributed by atoms with Gasteiger partial charge < -0.3 is 5.73 Å². The first-order chi connectivity index (χ1) is 8.38. The summed E-state index contributed by atoms with van der Waals surface area (Å²) in [5.41, 5.74) is 8.96. The Bertz CT molecular complexity index is 417. The van der Waals surface area contributed by atoms with E-state index in [2.05, 4.69) is 32.9 Å². The number of aryl methyl sites for hydroxylation is 1. The molecule has 1 fully saturated rings. The highest BCUT2D eigenvalue weighted by Gasteiger charge is 2.34. The van der Waals surface area contributed by atoms with E-state index in [0.717, 1.165) is 36.1 Å². The highest BCUT2D eigenvalue weighted by Crippen LogP contribution is 2.37. The summed E-state index contributed by atoms with van der Waals surface area (Å²) in [4.78, 5) is 0. The van der Waals surface area contributed by atoms with Crippen LogP contribution in [0.2, 0.25) is 5.02 Å². The van der Waals surface area contributed by atoms with E-state index in [9.17, 15) is 0 Å². The van der Waals surface area contributed by atoms with Crippen LogP contribution in [0, 0.1) is 18.8 Å². The lowest BCUT2D eigenvalue weighted by molar-refractivity contribution is 0.182. The van der Waals surface area contributed by atoms with Crippen LogP contribution in [0.15, 0.2) is 18.2 Å². The molecule has 2 N–H and O–H groups in total. The van der Waals surface area contributed by atoms with Crippen LogP contribution in [0.3, 0.4) is 0 Å². The molecule has 1 aliphatic rings. The number of hydrogen-bond acceptors (Lipinski definition) is 1. The number of hydrogen-bond donors (Lipinski definition) is 1. The van der Waals surface area contributed by atoms with Crippen LogP contribution >= 0.6 is 11.6 Å². The van der Waals surface area contributed by atoms with Crippen molar-refractivity contribution in [3.8, 4) is 0 Å². The van der Waals surface area contributed by atoms with E-state index in [1.54, 1.807) is 0 Å². The predicted molar refractivity (Wildman–Crippen MR) is 79.0 cm³/mol. The fourth-order valence-corrected chi connectivity index (χ4v) is 3.95. The smallest absolute Gasteiger partial charge is 0.0441 e. The third-order valence-corrected chi connectivity index (χ3v) is 4.42. The van der Waals surface area contributed by atoms with Gasteiger partial charge >= 0.3 is 0 Å². The Kier molecular flexibility index (Phi) is 4.03. The van der Waals surface area contributed by atoms with Gasteiger partial charge in [-0.1, -0.05) is 37.6 Å². The summed E-state index contributed by atoms with van der Waals surface area (Å²) < 4.78 is 0. The quantitative estimate of drug-likeness (QED) is 0.846. The van der Waals surface area contributed by atoms with Crippen LogP contribution in [-0.2, 0) is 6.42 Å². The Morgan fingerprint density at radius 2 is 1.89 bits per heavy atom. The Labute approximate surface area is 116 Å². The first kappa shape index (κ1) is 13.9. The highest BCUT2D eigenvalue weighted by molar-refractivity contribution is 6.31. The van der Waals surface area contributed by atoms with E-state index >= 15 is 0 Å². The molecule has 100 valence electrons. The van der Waals surface area contributed by atoms with Crippen LogP contribution in [0.1, 0.15) is 44.2 Å². The second-order valence-electron chi connectivity index (χ2n) is 6.49. The van der Waals surface area contributed by atoms with Crippen molar-refractivity contribution in [3.63, 3.8) is 0 Å². The maximum Gasteiger partial charge on any atom is 0.0441 e. The maximum absolute atomic E-state index is 6.62. The van der Waals surface area contributed by atoms with Gasteiger partial charge in [0.05, 0.1) is 0 Å². The Morgan fingerprint density at radius 1 is 1.28 bits per heavy atom. The molecule has 1 aromatic rings. The molecule has 0 bridgehead atoms. The van der Waals surface area contributed by atoms with Crippen molar-refractivity contribution in [3.05, 3.63) is 34.3 Å². The second-order valence-corrected chi connectivity index (χ2v) is 6.90. The van der Waals surface area contributed by atoms with E-state index in [0.29, 0.717) is 0 Å². The van der Waals surface area contributed by atoms with Crippen molar-refractivity contribution in [2.24, 2.45) is 17.6 Å². The molecule has 18 heavy (non-hydrogen) atoms. The molecule has 2 atom stereocenters. The number of nitrogens with two attached hydrogens (primary N) is 1. The van der Waals surface area contributed by atoms with Crippen molar-refractivity contribution in [2.75, 3.05) is 0 Å². The van der Waals surface area contributed by atoms with Crippen LogP contribution in [0.4, 0.5) is 0 Å². The molecule has 2 heteroatoms. The van der Waals surface area contributed by atoms with Gasteiger partial charge in [0.25, 0.3) is 0 Å². The minimum absolute atomic E-state index is 0.0734. The van der Waals surface area contributed by atoms with Gasteiger partial charge in [0.1, 0.15) is 0 Å². The van der Waals surface area contributed by atoms with Gasteiger partial charge in [-0.2, -0.15) is 0 Å². The van der Waals surface area contributed by atoms with Crippen LogP contribution in [0.5, 0.6) is 0 Å². The molecule has 2 rings (SSSR count). The van der Waals surface area contributed by atoms with Gasteiger partial charge in [-0.15, -0.1) is 0 Å². The van der Waals surface area contributed by atoms with Crippen LogP contribution in [0.25, 0.3) is 0 Å². The van der Waals surface area contributed by atoms with E-state index in [4.69, 9.17) is 17.3 Å². The van der Waals surface area contributed by atoms with E-state index in [1.165, 1.54) is 17.5 Å². The van der Waals surface area contributed by atoms with E-state index in [1.807, 2.05) is 6.07 Å². The number of benzene rings is 1. The van der Waals surface area contributed by atoms with Crippen LogP contribution < -0.4 is 5.73 Å². The molecule has 0 radical (unpaired) electrons. The first-order valence-electron chi connectivity index (χ1n) is 6.92. The molecule has 0 saturated heterocycles. The maximum atomic E-state index is 6.62. The summed E-state index contributed by atoms with van der Waals surface area (Å²) in [6.45, 7) is 6.70. The molecule has 0 aliphatic heterocycles. The zero-order valence-corrected chi connectivity index (χ0v) is 12.4. The SMILES string of the molecule is Cc1ccc(CC2(N)CC(C)CC(C)C2)c(Cl)c1. The minimum atomic E-state index is -0.0734. The molecule has 1 aromatic carbocycles. The zero-order chi connectivity index (χ0) is 13.3. The zero-order valence-electron chi connectivity index (χ0n) is 11.7. The largest absolute Gasteiger partial charge is 0.325 e. The Hall–Kier alpha value is -0.530. The Morgan fingerprint density at radius 3 is 2.44 bits per heavy atom. The molecule has 0 heterocycles. The van der Waals surface area contributed by atoms with Crippen molar-refractivity contribution in [2.45, 2.75) is 52.0 Å². The normalized spacial score (nSPS) is 32.5. The average molecular weight is 266 g/mol. The van der Waals surface area contributed by atoms with E-state index in [-0.39, 0.29) is 5.54 Å². The summed E-state index contributed by atoms with van der Waals surface area (Å²) in [5.74, 6) is 1.45.